The van der Waals surface area contributed by atoms with E-state index in [2.05, 4.69) is 21.9 Å². The number of rotatable bonds is 3. The molecule has 2 heterocycles. The molecule has 0 N–H and O–H groups in total. The molecule has 0 radical (unpaired) electrons. The minimum Gasteiger partial charge on any atom is -0.369 e. The quantitative estimate of drug-likeness (QED) is 0.759. The molecule has 5 nitrogen and oxygen atoms in total. The Morgan fingerprint density at radius 2 is 1.63 bits per heavy atom. The largest absolute Gasteiger partial charge is 0.369 e. The highest BCUT2D eigenvalue weighted by Gasteiger charge is 2.43. The van der Waals surface area contributed by atoms with Gasteiger partial charge in [-0.15, -0.1) is 0 Å². The van der Waals surface area contributed by atoms with Gasteiger partial charge in [-0.25, -0.2) is 9.29 Å². The molecule has 0 aliphatic carbocycles. The van der Waals surface area contributed by atoms with E-state index in [-0.39, 0.29) is 23.3 Å². The van der Waals surface area contributed by atoms with E-state index in [4.69, 9.17) is 11.6 Å². The van der Waals surface area contributed by atoms with Crippen molar-refractivity contribution in [1.82, 2.24) is 4.90 Å². The van der Waals surface area contributed by atoms with Crippen LogP contribution in [-0.2, 0) is 9.59 Å². The number of benzene rings is 2. The van der Waals surface area contributed by atoms with E-state index < -0.39 is 11.9 Å². The van der Waals surface area contributed by atoms with Gasteiger partial charge in [0.1, 0.15) is 5.82 Å². The SMILES string of the molecule is O=C1CC(N2CCN(c3ccccc3)CC2)C(=O)N1c1ccc(F)c(Cl)c1. The fraction of sp³-hybridized carbons (Fsp3) is 0.300. The summed E-state index contributed by atoms with van der Waals surface area (Å²) in [5.41, 5.74) is 1.48. The lowest BCUT2D eigenvalue weighted by molar-refractivity contribution is -0.123. The average molecular weight is 388 g/mol. The van der Waals surface area contributed by atoms with Crippen LogP contribution >= 0.6 is 11.6 Å². The first-order valence-electron chi connectivity index (χ1n) is 8.90. The minimum atomic E-state index is -0.576. The summed E-state index contributed by atoms with van der Waals surface area (Å²) >= 11 is 5.81. The maximum Gasteiger partial charge on any atom is 0.251 e. The van der Waals surface area contributed by atoms with Crippen LogP contribution in [0.2, 0.25) is 5.02 Å². The summed E-state index contributed by atoms with van der Waals surface area (Å²) in [6.07, 6.45) is 0.138. The second kappa shape index (κ2) is 7.29. The minimum absolute atomic E-state index is 0.104. The summed E-state index contributed by atoms with van der Waals surface area (Å²) in [4.78, 5) is 30.8. The van der Waals surface area contributed by atoms with Gasteiger partial charge in [0.25, 0.3) is 5.91 Å². The number of anilines is 2. The average Bonchev–Trinajstić information content (AvgIpc) is 2.99. The predicted octanol–water partition coefficient (Wildman–Crippen LogP) is 2.93. The Kier molecular flexibility index (Phi) is 4.85. The van der Waals surface area contributed by atoms with Crippen molar-refractivity contribution in [3.63, 3.8) is 0 Å². The lowest BCUT2D eigenvalue weighted by atomic mass is 10.1. The Morgan fingerprint density at radius 3 is 2.30 bits per heavy atom. The first-order valence-corrected chi connectivity index (χ1v) is 9.28. The van der Waals surface area contributed by atoms with Crippen molar-refractivity contribution in [1.29, 1.82) is 0 Å². The van der Waals surface area contributed by atoms with Gasteiger partial charge in [0.2, 0.25) is 5.91 Å². The van der Waals surface area contributed by atoms with E-state index >= 15 is 0 Å². The van der Waals surface area contributed by atoms with Crippen molar-refractivity contribution in [2.45, 2.75) is 12.5 Å². The number of hydrogen-bond acceptors (Lipinski definition) is 4. The molecule has 4 rings (SSSR count). The maximum atomic E-state index is 13.4. The Labute approximate surface area is 161 Å². The predicted molar refractivity (Wildman–Crippen MR) is 103 cm³/mol. The molecular formula is C20H19ClFN3O2. The summed E-state index contributed by atoms with van der Waals surface area (Å²) in [7, 11) is 0. The molecule has 0 spiro atoms. The normalized spacial score (nSPS) is 21.2. The maximum absolute atomic E-state index is 13.4. The molecule has 2 aliphatic heterocycles. The zero-order chi connectivity index (χ0) is 19.0. The van der Waals surface area contributed by atoms with Gasteiger partial charge in [-0.1, -0.05) is 29.8 Å². The van der Waals surface area contributed by atoms with Crippen LogP contribution in [0.1, 0.15) is 6.42 Å². The van der Waals surface area contributed by atoms with Crippen molar-refractivity contribution in [2.24, 2.45) is 0 Å². The van der Waals surface area contributed by atoms with E-state index in [1.807, 2.05) is 18.2 Å². The van der Waals surface area contributed by atoms with Gasteiger partial charge in [-0.2, -0.15) is 0 Å². The van der Waals surface area contributed by atoms with Gasteiger partial charge in [0.05, 0.1) is 23.2 Å². The number of hydrogen-bond donors (Lipinski definition) is 0. The molecule has 1 atom stereocenters. The highest BCUT2D eigenvalue weighted by atomic mass is 35.5. The number of carbonyl (C=O) groups excluding carboxylic acids is 2. The van der Waals surface area contributed by atoms with E-state index in [1.165, 1.54) is 18.2 Å². The summed E-state index contributed by atoms with van der Waals surface area (Å²) < 4.78 is 13.4. The molecule has 2 aromatic carbocycles. The van der Waals surface area contributed by atoms with Crippen LogP contribution in [0.25, 0.3) is 0 Å². The molecule has 2 fully saturated rings. The van der Waals surface area contributed by atoms with Gasteiger partial charge < -0.3 is 4.90 Å². The molecule has 0 bridgehead atoms. The van der Waals surface area contributed by atoms with Crippen molar-refractivity contribution in [3.05, 3.63) is 59.4 Å². The van der Waals surface area contributed by atoms with Crippen LogP contribution in [0.3, 0.4) is 0 Å². The molecule has 0 aromatic heterocycles. The lowest BCUT2D eigenvalue weighted by Crippen LogP contribution is -2.52. The van der Waals surface area contributed by atoms with E-state index in [0.717, 1.165) is 23.7 Å². The topological polar surface area (TPSA) is 43.9 Å². The molecule has 2 saturated heterocycles. The Balaban J connectivity index is 1.45. The Hall–Kier alpha value is -2.44. The van der Waals surface area contributed by atoms with Gasteiger partial charge in [-0.05, 0) is 30.3 Å². The van der Waals surface area contributed by atoms with Crippen molar-refractivity contribution in [3.8, 4) is 0 Å². The van der Waals surface area contributed by atoms with Crippen molar-refractivity contribution < 1.29 is 14.0 Å². The van der Waals surface area contributed by atoms with Crippen molar-refractivity contribution in [2.75, 3.05) is 36.0 Å². The fourth-order valence-electron chi connectivity index (χ4n) is 3.73. The molecule has 2 aliphatic rings. The summed E-state index contributed by atoms with van der Waals surface area (Å²) in [5, 5.41) is -0.104. The number of imide groups is 1. The third-order valence-corrected chi connectivity index (χ3v) is 5.45. The second-order valence-electron chi connectivity index (χ2n) is 6.74. The van der Waals surface area contributed by atoms with Crippen LogP contribution < -0.4 is 9.80 Å². The molecule has 140 valence electrons. The zero-order valence-electron chi connectivity index (χ0n) is 14.6. The number of carbonyl (C=O) groups is 2. The van der Waals surface area contributed by atoms with Gasteiger partial charge in [0, 0.05) is 31.9 Å². The monoisotopic (exact) mass is 387 g/mol. The molecule has 1 unspecified atom stereocenters. The Morgan fingerprint density at radius 1 is 0.926 bits per heavy atom. The number of halogens is 2. The van der Waals surface area contributed by atoms with Gasteiger partial charge >= 0.3 is 0 Å². The molecule has 2 amide bonds. The van der Waals surface area contributed by atoms with Crippen LogP contribution in [-0.4, -0.2) is 48.9 Å². The van der Waals surface area contributed by atoms with Crippen molar-refractivity contribution >= 4 is 34.8 Å². The first kappa shape index (κ1) is 17.9. The lowest BCUT2D eigenvalue weighted by Gasteiger charge is -2.38. The number of amides is 2. The second-order valence-corrected chi connectivity index (χ2v) is 7.15. The standard InChI is InChI=1S/C20H19ClFN3O2/c21-16-12-15(6-7-17(16)22)25-19(26)13-18(20(25)27)24-10-8-23(9-11-24)14-4-2-1-3-5-14/h1-7,12,18H,8-11,13H2. The van der Waals surface area contributed by atoms with Gasteiger partial charge in [-0.3, -0.25) is 14.5 Å². The highest BCUT2D eigenvalue weighted by molar-refractivity contribution is 6.31. The van der Waals surface area contributed by atoms with Crippen LogP contribution in [0.5, 0.6) is 0 Å². The van der Waals surface area contributed by atoms with Crippen LogP contribution in [0, 0.1) is 5.82 Å². The molecule has 2 aromatic rings. The summed E-state index contributed by atoms with van der Waals surface area (Å²) in [6.45, 7) is 3.00. The molecule has 7 heteroatoms. The van der Waals surface area contributed by atoms with Crippen LogP contribution in [0.15, 0.2) is 48.5 Å². The molecular weight excluding hydrogens is 369 g/mol. The molecule has 0 saturated carbocycles. The number of piperazine rings is 1. The Bertz CT molecular complexity index is 869. The van der Waals surface area contributed by atoms with E-state index in [1.54, 1.807) is 0 Å². The number of para-hydroxylation sites is 1. The summed E-state index contributed by atoms with van der Waals surface area (Å²) in [5.74, 6) is -1.12. The van der Waals surface area contributed by atoms with E-state index in [0.29, 0.717) is 18.8 Å². The van der Waals surface area contributed by atoms with Crippen LogP contribution in [0.4, 0.5) is 15.8 Å². The highest BCUT2D eigenvalue weighted by Crippen LogP contribution is 2.29. The first-order chi connectivity index (χ1) is 13.0. The van der Waals surface area contributed by atoms with E-state index in [9.17, 15) is 14.0 Å². The molecule has 27 heavy (non-hydrogen) atoms. The number of nitrogens with zero attached hydrogens (tertiary/aromatic N) is 3. The smallest absolute Gasteiger partial charge is 0.251 e. The zero-order valence-corrected chi connectivity index (χ0v) is 15.4. The fourth-order valence-corrected chi connectivity index (χ4v) is 3.90. The van der Waals surface area contributed by atoms with Gasteiger partial charge in [0.15, 0.2) is 0 Å². The third-order valence-electron chi connectivity index (χ3n) is 5.16. The third kappa shape index (κ3) is 3.42. The summed E-state index contributed by atoms with van der Waals surface area (Å²) in [6, 6.07) is 13.6.